The molecule has 0 bridgehead atoms. The molecule has 0 heterocycles. The summed E-state index contributed by atoms with van der Waals surface area (Å²) in [6.45, 7) is 11.5. The third-order valence-corrected chi connectivity index (χ3v) is 5.95. The Kier molecular flexibility index (Phi) is 6.33. The molecular formula is C24H32NO2+. The highest BCUT2D eigenvalue weighted by molar-refractivity contribution is 5.93. The van der Waals surface area contributed by atoms with Crippen LogP contribution in [0.1, 0.15) is 50.7 Å². The van der Waals surface area contributed by atoms with Crippen molar-refractivity contribution in [3.8, 4) is 11.1 Å². The fourth-order valence-electron chi connectivity index (χ4n) is 4.59. The second-order valence-electron chi connectivity index (χ2n) is 7.60. The van der Waals surface area contributed by atoms with Crippen molar-refractivity contribution in [2.45, 2.75) is 39.5 Å². The van der Waals surface area contributed by atoms with Crippen LogP contribution in [0, 0.1) is 0 Å². The second kappa shape index (κ2) is 8.71. The third kappa shape index (κ3) is 3.93. The monoisotopic (exact) mass is 366 g/mol. The maximum Gasteiger partial charge on any atom is 0.318 e. The molecule has 0 spiro atoms. The van der Waals surface area contributed by atoms with Gasteiger partial charge in [0.2, 0.25) is 0 Å². The summed E-state index contributed by atoms with van der Waals surface area (Å²) in [6.07, 6.45) is 2.32. The highest BCUT2D eigenvalue weighted by Crippen LogP contribution is 2.44. The Bertz CT molecular complexity index is 732. The first-order valence-corrected chi connectivity index (χ1v) is 10.4. The van der Waals surface area contributed by atoms with Crippen molar-refractivity contribution >= 4 is 5.97 Å². The largest absolute Gasteiger partial charge is 0.459 e. The number of nitrogens with zero attached hydrogens (tertiary/aromatic N) is 1. The van der Waals surface area contributed by atoms with Gasteiger partial charge in [-0.1, -0.05) is 62.4 Å². The molecule has 27 heavy (non-hydrogen) atoms. The van der Waals surface area contributed by atoms with Crippen molar-refractivity contribution in [1.82, 2.24) is 0 Å². The molecule has 0 unspecified atom stereocenters. The van der Waals surface area contributed by atoms with Crippen LogP contribution >= 0.6 is 0 Å². The van der Waals surface area contributed by atoms with Gasteiger partial charge in [-0.15, -0.1) is 0 Å². The zero-order valence-electron chi connectivity index (χ0n) is 16.9. The van der Waals surface area contributed by atoms with E-state index < -0.39 is 0 Å². The predicted octanol–water partition coefficient (Wildman–Crippen LogP) is 5.00. The second-order valence-corrected chi connectivity index (χ2v) is 7.60. The number of quaternary nitrogens is 1. The molecule has 0 radical (unpaired) electrons. The molecule has 0 aromatic heterocycles. The molecule has 0 aliphatic heterocycles. The zero-order chi connectivity index (χ0) is 19.3. The van der Waals surface area contributed by atoms with Gasteiger partial charge in [-0.2, -0.15) is 0 Å². The molecule has 144 valence electrons. The maximum atomic E-state index is 13.0. The van der Waals surface area contributed by atoms with E-state index in [0.29, 0.717) is 6.61 Å². The lowest BCUT2D eigenvalue weighted by atomic mass is 9.97. The normalized spacial score (nSPS) is 13.3. The summed E-state index contributed by atoms with van der Waals surface area (Å²) in [4.78, 5) is 13.0. The summed E-state index contributed by atoms with van der Waals surface area (Å²) in [5.41, 5.74) is 4.46. The van der Waals surface area contributed by atoms with Crippen molar-refractivity contribution in [3.63, 3.8) is 0 Å². The standard InChI is InChI=1S/C24H32NO2/c1-4-15-25(6-3,16-5-2)17-18-27-24(26)23-21-13-9-7-11-19(21)20-12-8-10-14-22(20)23/h7-14,23H,4-6,15-18H2,1-3H3/q+1. The summed E-state index contributed by atoms with van der Waals surface area (Å²) in [5.74, 6) is -0.409. The summed E-state index contributed by atoms with van der Waals surface area (Å²) in [5, 5.41) is 0. The molecule has 3 rings (SSSR count). The minimum Gasteiger partial charge on any atom is -0.459 e. The summed E-state index contributed by atoms with van der Waals surface area (Å²) >= 11 is 0. The number of hydrogen-bond acceptors (Lipinski definition) is 2. The Morgan fingerprint density at radius 1 is 0.852 bits per heavy atom. The van der Waals surface area contributed by atoms with Gasteiger partial charge in [0.15, 0.2) is 0 Å². The minimum absolute atomic E-state index is 0.116. The molecular weight excluding hydrogens is 334 g/mol. The molecule has 3 nitrogen and oxygen atoms in total. The number of ether oxygens (including phenoxy) is 1. The van der Waals surface area contributed by atoms with Crippen molar-refractivity contribution in [2.24, 2.45) is 0 Å². The molecule has 0 atom stereocenters. The minimum atomic E-state index is -0.293. The number of carbonyl (C=O) groups is 1. The first kappa shape index (κ1) is 19.6. The zero-order valence-corrected chi connectivity index (χ0v) is 16.9. The van der Waals surface area contributed by atoms with E-state index in [1.54, 1.807) is 0 Å². The van der Waals surface area contributed by atoms with Crippen LogP contribution in [0.4, 0.5) is 0 Å². The van der Waals surface area contributed by atoms with E-state index in [1.165, 1.54) is 0 Å². The van der Waals surface area contributed by atoms with Gasteiger partial charge in [-0.05, 0) is 42.0 Å². The fourth-order valence-corrected chi connectivity index (χ4v) is 4.59. The molecule has 2 aromatic carbocycles. The maximum absolute atomic E-state index is 13.0. The van der Waals surface area contributed by atoms with Crippen molar-refractivity contribution in [1.29, 1.82) is 0 Å². The van der Waals surface area contributed by atoms with Crippen LogP contribution in [0.25, 0.3) is 11.1 Å². The highest BCUT2D eigenvalue weighted by atomic mass is 16.5. The molecule has 0 saturated carbocycles. The summed E-state index contributed by atoms with van der Waals surface area (Å²) in [6, 6.07) is 16.4. The van der Waals surface area contributed by atoms with Crippen LogP contribution in [0.3, 0.4) is 0 Å². The van der Waals surface area contributed by atoms with E-state index in [9.17, 15) is 4.79 Å². The number of hydrogen-bond donors (Lipinski definition) is 0. The molecule has 0 N–H and O–H groups in total. The van der Waals surface area contributed by atoms with E-state index in [2.05, 4.69) is 45.0 Å². The molecule has 0 amide bonds. The van der Waals surface area contributed by atoms with Crippen LogP contribution < -0.4 is 0 Å². The van der Waals surface area contributed by atoms with Gasteiger partial charge >= 0.3 is 5.97 Å². The first-order chi connectivity index (χ1) is 13.2. The summed E-state index contributed by atoms with van der Waals surface area (Å²) < 4.78 is 6.87. The Morgan fingerprint density at radius 2 is 1.37 bits per heavy atom. The number of carbonyl (C=O) groups excluding carboxylic acids is 1. The van der Waals surface area contributed by atoms with Gasteiger partial charge in [-0.3, -0.25) is 4.79 Å². The number of likely N-dealkylation sites (N-methyl/N-ethyl adjacent to an activating group) is 1. The number of benzene rings is 2. The van der Waals surface area contributed by atoms with E-state index in [0.717, 1.165) is 65.8 Å². The van der Waals surface area contributed by atoms with E-state index >= 15 is 0 Å². The Balaban J connectivity index is 1.73. The van der Waals surface area contributed by atoms with Gasteiger partial charge in [0.1, 0.15) is 19.1 Å². The van der Waals surface area contributed by atoms with E-state index in [-0.39, 0.29) is 11.9 Å². The predicted molar refractivity (Wildman–Crippen MR) is 111 cm³/mol. The molecule has 1 aliphatic carbocycles. The van der Waals surface area contributed by atoms with Crippen LogP contribution in [-0.2, 0) is 9.53 Å². The fraction of sp³-hybridized carbons (Fsp3) is 0.458. The Hall–Kier alpha value is -2.13. The van der Waals surface area contributed by atoms with Crippen molar-refractivity contribution < 1.29 is 14.0 Å². The number of rotatable bonds is 9. The van der Waals surface area contributed by atoms with Gasteiger partial charge in [0.05, 0.1) is 19.6 Å². The van der Waals surface area contributed by atoms with Gasteiger partial charge < -0.3 is 9.22 Å². The SMILES string of the molecule is CCC[N+](CC)(CCC)CCOC(=O)C1c2ccccc2-c2ccccc21. The van der Waals surface area contributed by atoms with Gasteiger partial charge in [0, 0.05) is 0 Å². The molecule has 0 saturated heterocycles. The van der Waals surface area contributed by atoms with E-state index in [1.807, 2.05) is 24.3 Å². The number of fused-ring (bicyclic) bond motifs is 3. The molecule has 1 aliphatic rings. The van der Waals surface area contributed by atoms with E-state index in [4.69, 9.17) is 4.74 Å². The Labute approximate surface area is 163 Å². The number of esters is 1. The topological polar surface area (TPSA) is 26.3 Å². The smallest absolute Gasteiger partial charge is 0.318 e. The van der Waals surface area contributed by atoms with Gasteiger partial charge in [0.25, 0.3) is 0 Å². The lowest BCUT2D eigenvalue weighted by Crippen LogP contribution is -2.51. The van der Waals surface area contributed by atoms with Crippen LogP contribution in [0.2, 0.25) is 0 Å². The van der Waals surface area contributed by atoms with Crippen molar-refractivity contribution in [3.05, 3.63) is 59.7 Å². The average molecular weight is 367 g/mol. The van der Waals surface area contributed by atoms with Crippen LogP contribution in [-0.4, -0.2) is 43.2 Å². The lowest BCUT2D eigenvalue weighted by molar-refractivity contribution is -0.926. The summed E-state index contributed by atoms with van der Waals surface area (Å²) in [7, 11) is 0. The Morgan fingerprint density at radius 3 is 1.85 bits per heavy atom. The third-order valence-electron chi connectivity index (χ3n) is 5.95. The van der Waals surface area contributed by atoms with Crippen LogP contribution in [0.15, 0.2) is 48.5 Å². The van der Waals surface area contributed by atoms with Crippen LogP contribution in [0.5, 0.6) is 0 Å². The highest BCUT2D eigenvalue weighted by Gasteiger charge is 2.35. The van der Waals surface area contributed by atoms with Crippen molar-refractivity contribution in [2.75, 3.05) is 32.8 Å². The first-order valence-electron chi connectivity index (χ1n) is 10.4. The molecule has 3 heteroatoms. The average Bonchev–Trinajstić information content (AvgIpc) is 3.03. The van der Waals surface area contributed by atoms with Gasteiger partial charge in [-0.25, -0.2) is 0 Å². The quantitative estimate of drug-likeness (QED) is 0.461. The molecule has 2 aromatic rings. The lowest BCUT2D eigenvalue weighted by Gasteiger charge is -2.37. The molecule has 0 fully saturated rings.